The van der Waals surface area contributed by atoms with Crippen LogP contribution in [0.15, 0.2) is 138 Å². The van der Waals surface area contributed by atoms with Gasteiger partial charge in [0.25, 0.3) is 0 Å². The largest absolute Gasteiger partial charge is 0.501 e. The molecule has 0 atom stereocenters. The summed E-state index contributed by atoms with van der Waals surface area (Å²) in [5, 5.41) is 8.55. The first kappa shape index (κ1) is 46.9. The van der Waals surface area contributed by atoms with E-state index in [1.54, 1.807) is 0 Å². The number of nitrogens with zero attached hydrogens (tertiary/aromatic N) is 3. The molecule has 0 unspecified atom stereocenters. The Bertz CT molecular complexity index is 3330. The van der Waals surface area contributed by atoms with E-state index in [9.17, 15) is 0 Å². The number of hydrogen-bond acceptors (Lipinski definition) is 3. The molecule has 0 saturated heterocycles. The molecule has 0 bridgehead atoms. The molecule has 0 fully saturated rings. The summed E-state index contributed by atoms with van der Waals surface area (Å²) in [6.45, 7) is 27.6. The van der Waals surface area contributed by atoms with Gasteiger partial charge in [-0.1, -0.05) is 166 Å². The maximum atomic E-state index is 7.04. The summed E-state index contributed by atoms with van der Waals surface area (Å²) in [6.07, 6.45) is 2.02. The minimum atomic E-state index is -1.23. The Balaban J connectivity index is 0.000000295. The van der Waals surface area contributed by atoms with Gasteiger partial charge in [-0.15, -0.1) is 53.6 Å². The van der Waals surface area contributed by atoms with E-state index >= 15 is 0 Å². The predicted octanol–water partition coefficient (Wildman–Crippen LogP) is 16.5. The standard InChI is InChI=1S/C46H45N2O.C14H16NSi.Ir/c1-26(2)31-23-34(27(3)4)43(35(24-31)28(5)6)48-40-17-13-12-16-39(40)47-45(48)33-20-21-38(46(7,8)9)42-37-22-30-19-18-29-14-10-11-15-32(29)36(30)25-41(37)49-44(33)42;1-16(2,3)13-9-10-14(15-11-13)12-7-5-4-6-8-12;/h10-19,21-28H,1-9H3;4-7,9-11H,1-3H3;/q2*-1;. The Morgan fingerprint density at radius 1 is 0.667 bits per heavy atom. The summed E-state index contributed by atoms with van der Waals surface area (Å²) in [5.74, 6) is 1.94. The molecule has 10 aromatic rings. The molecule has 0 N–H and O–H groups in total. The van der Waals surface area contributed by atoms with Gasteiger partial charge in [0.1, 0.15) is 5.58 Å². The average Bonchev–Trinajstić information content (AvgIpc) is 3.86. The average molecular weight is 1060 g/mol. The molecular formula is C60H61IrN3OSi-2. The first-order valence-corrected chi connectivity index (χ1v) is 26.8. The van der Waals surface area contributed by atoms with Gasteiger partial charge >= 0.3 is 0 Å². The van der Waals surface area contributed by atoms with Crippen molar-refractivity contribution < 1.29 is 24.5 Å². The quantitative estimate of drug-likeness (QED) is 0.0908. The zero-order valence-electron chi connectivity index (χ0n) is 40.5. The van der Waals surface area contributed by atoms with E-state index in [1.165, 1.54) is 54.7 Å². The van der Waals surface area contributed by atoms with Gasteiger partial charge in [0.05, 0.1) is 30.5 Å². The molecule has 1 radical (unpaired) electrons. The van der Waals surface area contributed by atoms with E-state index in [2.05, 4.69) is 207 Å². The van der Waals surface area contributed by atoms with Crippen LogP contribution in [-0.2, 0) is 25.5 Å². The van der Waals surface area contributed by atoms with Crippen LogP contribution >= 0.6 is 0 Å². The van der Waals surface area contributed by atoms with Crippen LogP contribution in [0.5, 0.6) is 0 Å². The van der Waals surface area contributed by atoms with Crippen LogP contribution in [0.2, 0.25) is 19.6 Å². The number of hydrogen-bond donors (Lipinski definition) is 0. The maximum Gasteiger partial charge on any atom is 0.121 e. The Morgan fingerprint density at radius 3 is 1.98 bits per heavy atom. The first-order chi connectivity index (χ1) is 31.0. The smallest absolute Gasteiger partial charge is 0.121 e. The van der Waals surface area contributed by atoms with Crippen molar-refractivity contribution >= 4 is 67.8 Å². The Morgan fingerprint density at radius 2 is 1.35 bits per heavy atom. The van der Waals surface area contributed by atoms with Crippen molar-refractivity contribution in [2.75, 3.05) is 0 Å². The number of imidazole rings is 1. The summed E-state index contributed by atoms with van der Waals surface area (Å²) in [6, 6.07) is 52.4. The van der Waals surface area contributed by atoms with Crippen LogP contribution in [0.4, 0.5) is 0 Å². The zero-order valence-corrected chi connectivity index (χ0v) is 43.9. The van der Waals surface area contributed by atoms with E-state index in [0.29, 0.717) is 17.8 Å². The topological polar surface area (TPSA) is 43.9 Å². The molecule has 3 heterocycles. The molecule has 0 aliphatic heterocycles. The fourth-order valence-corrected chi connectivity index (χ4v) is 10.3. The van der Waals surface area contributed by atoms with Crippen LogP contribution in [0, 0.1) is 12.1 Å². The van der Waals surface area contributed by atoms with Gasteiger partial charge in [0.15, 0.2) is 0 Å². The third kappa shape index (κ3) is 8.72. The van der Waals surface area contributed by atoms with Crippen LogP contribution in [-0.4, -0.2) is 22.6 Å². The molecule has 0 saturated carbocycles. The van der Waals surface area contributed by atoms with Gasteiger partial charge in [-0.3, -0.25) is 4.98 Å². The third-order valence-corrected chi connectivity index (χ3v) is 15.0. The normalized spacial score (nSPS) is 12.2. The fourth-order valence-electron chi connectivity index (χ4n) is 9.23. The molecule has 6 heteroatoms. The summed E-state index contributed by atoms with van der Waals surface area (Å²) in [7, 11) is -1.23. The Kier molecular flexibility index (Phi) is 12.9. The molecule has 0 aliphatic carbocycles. The molecule has 4 nitrogen and oxygen atoms in total. The Hall–Kier alpha value is -5.65. The van der Waals surface area contributed by atoms with Gasteiger partial charge in [0.2, 0.25) is 0 Å². The van der Waals surface area contributed by atoms with Crippen molar-refractivity contribution in [2.45, 2.75) is 105 Å². The monoisotopic (exact) mass is 1060 g/mol. The van der Waals surface area contributed by atoms with Crippen LogP contribution in [0.1, 0.15) is 102 Å². The van der Waals surface area contributed by atoms with E-state index in [4.69, 9.17) is 9.40 Å². The summed E-state index contributed by atoms with van der Waals surface area (Å²) >= 11 is 0. The Labute approximate surface area is 405 Å². The van der Waals surface area contributed by atoms with Gasteiger partial charge in [-0.05, 0) is 96.6 Å². The van der Waals surface area contributed by atoms with E-state index < -0.39 is 8.07 Å². The predicted molar refractivity (Wildman–Crippen MR) is 280 cm³/mol. The molecule has 337 valence electrons. The molecule has 10 rings (SSSR count). The number of rotatable bonds is 7. The van der Waals surface area contributed by atoms with Gasteiger partial charge in [-0.25, -0.2) is 0 Å². The van der Waals surface area contributed by atoms with E-state index in [0.717, 1.165) is 55.6 Å². The number of aromatic nitrogens is 3. The van der Waals surface area contributed by atoms with Gasteiger partial charge in [-0.2, -0.15) is 0 Å². The molecule has 0 aliphatic rings. The molecule has 3 aromatic heterocycles. The second kappa shape index (κ2) is 18.2. The van der Waals surface area contributed by atoms with Crippen LogP contribution in [0.25, 0.3) is 82.8 Å². The van der Waals surface area contributed by atoms with Crippen LogP contribution in [0.3, 0.4) is 0 Å². The van der Waals surface area contributed by atoms with Crippen molar-refractivity contribution in [3.05, 3.63) is 168 Å². The number of para-hydroxylation sites is 2. The van der Waals surface area contributed by atoms with Crippen LogP contribution < -0.4 is 5.19 Å². The molecular weight excluding hydrogens is 999 g/mol. The van der Waals surface area contributed by atoms with E-state index in [1.807, 2.05) is 30.5 Å². The number of fused-ring (bicyclic) bond motifs is 7. The summed E-state index contributed by atoms with van der Waals surface area (Å²) in [5.41, 5.74) is 13.1. The third-order valence-electron chi connectivity index (χ3n) is 12.9. The number of furan rings is 1. The number of benzene rings is 7. The molecule has 0 amide bonds. The maximum absolute atomic E-state index is 7.04. The van der Waals surface area contributed by atoms with Crippen molar-refractivity contribution in [1.29, 1.82) is 0 Å². The second-order valence-corrected chi connectivity index (χ2v) is 25.8. The van der Waals surface area contributed by atoms with Gasteiger partial charge in [0, 0.05) is 37.4 Å². The molecule has 0 spiro atoms. The van der Waals surface area contributed by atoms with Crippen molar-refractivity contribution in [3.63, 3.8) is 0 Å². The summed E-state index contributed by atoms with van der Waals surface area (Å²) < 4.78 is 9.45. The van der Waals surface area contributed by atoms with Crippen molar-refractivity contribution in [1.82, 2.24) is 14.5 Å². The van der Waals surface area contributed by atoms with E-state index in [-0.39, 0.29) is 25.5 Å². The first-order valence-electron chi connectivity index (χ1n) is 23.3. The zero-order chi connectivity index (χ0) is 45.9. The molecule has 66 heavy (non-hydrogen) atoms. The summed E-state index contributed by atoms with van der Waals surface area (Å²) in [4.78, 5) is 9.92. The molecule has 7 aromatic carbocycles. The minimum Gasteiger partial charge on any atom is -0.501 e. The van der Waals surface area contributed by atoms with Crippen molar-refractivity contribution in [2.24, 2.45) is 0 Å². The number of pyridine rings is 1. The SMILES string of the molecule is CC(C)c1cc(C(C)C)c(-n2c(-c3[c-]cc(C(C)(C)C)c4c3oc3cc5c(ccc6ccccc65)cc34)nc3ccccc32)c(C(C)C)c1.C[Si](C)(C)c1ccc(-c2[c-]cccc2)nc1.[Ir]. The second-order valence-electron chi connectivity index (χ2n) is 20.7. The van der Waals surface area contributed by atoms with Gasteiger partial charge < -0.3 is 14.0 Å². The van der Waals surface area contributed by atoms with Crippen molar-refractivity contribution in [3.8, 4) is 28.3 Å². The minimum absolute atomic E-state index is 0. The fraction of sp³-hybridized carbons (Fsp3) is 0.267.